The maximum absolute atomic E-state index is 11.3. The highest BCUT2D eigenvalue weighted by atomic mass is 16.7. The van der Waals surface area contributed by atoms with Crippen LogP contribution in [-0.4, -0.2) is 38.8 Å². The number of ether oxygens (including phenoxy) is 4. The van der Waals surface area contributed by atoms with Crippen LogP contribution in [0.3, 0.4) is 0 Å². The van der Waals surface area contributed by atoms with Gasteiger partial charge in [-0.25, -0.2) is 0 Å². The molecule has 7 nitrogen and oxygen atoms in total. The van der Waals surface area contributed by atoms with Gasteiger partial charge in [-0.05, 0) is 37.6 Å². The lowest BCUT2D eigenvalue weighted by Crippen LogP contribution is -2.12. The van der Waals surface area contributed by atoms with Crippen LogP contribution in [-0.2, 0) is 30.4 Å². The number of carbonyl (C=O) groups is 1. The fraction of sp³-hybridized carbons (Fsp3) is 0.333. The van der Waals surface area contributed by atoms with Gasteiger partial charge < -0.3 is 23.8 Å². The van der Waals surface area contributed by atoms with Gasteiger partial charge in [0.1, 0.15) is 11.5 Å². The van der Waals surface area contributed by atoms with Gasteiger partial charge in [-0.3, -0.25) is 4.79 Å². The molecule has 1 atom stereocenters. The molecule has 0 bridgehead atoms. The molecule has 0 aromatic heterocycles. The molecule has 0 saturated carbocycles. The van der Waals surface area contributed by atoms with Gasteiger partial charge in [-0.1, -0.05) is 47.6 Å². The molecule has 2 aromatic carbocycles. The molecule has 0 aliphatic rings. The van der Waals surface area contributed by atoms with Crippen molar-refractivity contribution in [3.05, 3.63) is 77.6 Å². The molecule has 0 saturated heterocycles. The van der Waals surface area contributed by atoms with Crippen molar-refractivity contribution in [2.75, 3.05) is 21.0 Å². The van der Waals surface area contributed by atoms with Crippen LogP contribution < -0.4 is 4.74 Å². The van der Waals surface area contributed by atoms with E-state index in [2.05, 4.69) is 9.89 Å². The highest BCUT2D eigenvalue weighted by Gasteiger charge is 2.12. The summed E-state index contributed by atoms with van der Waals surface area (Å²) in [7, 11) is 2.85. The van der Waals surface area contributed by atoms with Crippen molar-refractivity contribution < 1.29 is 28.6 Å². The average molecular weight is 427 g/mol. The first-order chi connectivity index (χ1) is 15.0. The lowest BCUT2D eigenvalue weighted by Gasteiger charge is -2.14. The maximum atomic E-state index is 11.3. The van der Waals surface area contributed by atoms with Crippen LogP contribution >= 0.6 is 0 Å². The van der Waals surface area contributed by atoms with E-state index in [0.717, 1.165) is 11.1 Å². The van der Waals surface area contributed by atoms with Crippen molar-refractivity contribution in [3.8, 4) is 5.75 Å². The predicted molar refractivity (Wildman–Crippen MR) is 118 cm³/mol. The summed E-state index contributed by atoms with van der Waals surface area (Å²) in [6, 6.07) is 17.4. The van der Waals surface area contributed by atoms with E-state index in [-0.39, 0.29) is 19.2 Å². The SMILES string of the molecule is COC(=O)C/C=C(\OC)C(C)O/N=C(/C)c1cccc(OCOCc2ccccc2)c1. The standard InChI is InChI=1S/C24H29NO6/c1-18(25-31-19(2)23(27-3)13-14-24(26)28-4)21-11-8-12-22(15-21)30-17-29-16-20-9-6-5-7-10-20/h5-13,15,19H,14,16-17H2,1-4H3/b23-13-,25-18-. The summed E-state index contributed by atoms with van der Waals surface area (Å²) in [5.74, 6) is 0.810. The van der Waals surface area contributed by atoms with Crippen LogP contribution in [0.5, 0.6) is 5.75 Å². The van der Waals surface area contributed by atoms with Gasteiger partial charge in [-0.2, -0.15) is 0 Å². The quantitative estimate of drug-likeness (QED) is 0.124. The van der Waals surface area contributed by atoms with Crippen molar-refractivity contribution in [2.45, 2.75) is 33.0 Å². The van der Waals surface area contributed by atoms with Crippen LogP contribution in [0, 0.1) is 0 Å². The second kappa shape index (κ2) is 13.1. The van der Waals surface area contributed by atoms with E-state index in [4.69, 9.17) is 19.0 Å². The number of carbonyl (C=O) groups excluding carboxylic acids is 1. The fourth-order valence-electron chi connectivity index (χ4n) is 2.60. The second-order valence-corrected chi connectivity index (χ2v) is 6.64. The molecule has 0 aliphatic heterocycles. The minimum absolute atomic E-state index is 0.0990. The molecule has 0 spiro atoms. The molecule has 166 valence electrons. The van der Waals surface area contributed by atoms with Crippen molar-refractivity contribution in [1.29, 1.82) is 0 Å². The Labute approximate surface area is 183 Å². The molecule has 0 amide bonds. The van der Waals surface area contributed by atoms with Crippen LogP contribution in [0.4, 0.5) is 0 Å². The third-order valence-electron chi connectivity index (χ3n) is 4.35. The molecule has 0 radical (unpaired) electrons. The first kappa shape index (κ1) is 24.0. The lowest BCUT2D eigenvalue weighted by atomic mass is 10.1. The monoisotopic (exact) mass is 427 g/mol. The summed E-state index contributed by atoms with van der Waals surface area (Å²) in [4.78, 5) is 16.8. The number of hydrogen-bond acceptors (Lipinski definition) is 7. The number of hydrogen-bond donors (Lipinski definition) is 0. The Hall–Kier alpha value is -3.32. The van der Waals surface area contributed by atoms with E-state index in [9.17, 15) is 4.79 Å². The van der Waals surface area contributed by atoms with Crippen molar-refractivity contribution in [1.82, 2.24) is 0 Å². The molecule has 0 N–H and O–H groups in total. The summed E-state index contributed by atoms with van der Waals surface area (Å²) in [6.07, 6.45) is 1.25. The molecule has 7 heteroatoms. The van der Waals surface area contributed by atoms with E-state index < -0.39 is 6.10 Å². The summed E-state index contributed by atoms with van der Waals surface area (Å²) in [5.41, 5.74) is 2.61. The van der Waals surface area contributed by atoms with E-state index >= 15 is 0 Å². The van der Waals surface area contributed by atoms with Gasteiger partial charge in [0.15, 0.2) is 12.9 Å². The van der Waals surface area contributed by atoms with Gasteiger partial charge in [0.25, 0.3) is 0 Å². The van der Waals surface area contributed by atoms with Crippen LogP contribution in [0.25, 0.3) is 0 Å². The summed E-state index contributed by atoms with van der Waals surface area (Å²) >= 11 is 0. The van der Waals surface area contributed by atoms with E-state index in [0.29, 0.717) is 23.8 Å². The van der Waals surface area contributed by atoms with Gasteiger partial charge in [0.05, 0.1) is 33.0 Å². The van der Waals surface area contributed by atoms with Gasteiger partial charge >= 0.3 is 5.97 Å². The summed E-state index contributed by atoms with van der Waals surface area (Å²) < 4.78 is 21.1. The van der Waals surface area contributed by atoms with Crippen molar-refractivity contribution >= 4 is 11.7 Å². The Balaban J connectivity index is 1.88. The van der Waals surface area contributed by atoms with E-state index in [1.165, 1.54) is 14.2 Å². The molecule has 1 unspecified atom stereocenters. The van der Waals surface area contributed by atoms with Gasteiger partial charge in [0, 0.05) is 5.56 Å². The number of esters is 1. The molecule has 0 fully saturated rings. The number of methoxy groups -OCH3 is 2. The van der Waals surface area contributed by atoms with Crippen LogP contribution in [0.15, 0.2) is 71.6 Å². The topological polar surface area (TPSA) is 75.6 Å². The molecule has 2 aromatic rings. The summed E-state index contributed by atoms with van der Waals surface area (Å²) in [6.45, 7) is 4.25. The molecule has 2 rings (SSSR count). The highest BCUT2D eigenvalue weighted by Crippen LogP contribution is 2.16. The largest absolute Gasteiger partial charge is 0.497 e. The normalized spacial score (nSPS) is 12.8. The molecular weight excluding hydrogens is 398 g/mol. The second-order valence-electron chi connectivity index (χ2n) is 6.64. The highest BCUT2D eigenvalue weighted by molar-refractivity contribution is 5.98. The Morgan fingerprint density at radius 3 is 2.55 bits per heavy atom. The maximum Gasteiger partial charge on any atom is 0.309 e. The number of nitrogens with zero attached hydrogens (tertiary/aromatic N) is 1. The van der Waals surface area contributed by atoms with Crippen molar-refractivity contribution in [2.24, 2.45) is 5.16 Å². The smallest absolute Gasteiger partial charge is 0.309 e. The van der Waals surface area contributed by atoms with Crippen LogP contribution in [0.2, 0.25) is 0 Å². The lowest BCUT2D eigenvalue weighted by molar-refractivity contribution is -0.139. The number of oxime groups is 1. The Bertz CT molecular complexity index is 879. The molecule has 0 aliphatic carbocycles. The third kappa shape index (κ3) is 8.52. The Morgan fingerprint density at radius 1 is 1.06 bits per heavy atom. The zero-order valence-corrected chi connectivity index (χ0v) is 18.4. The van der Waals surface area contributed by atoms with Crippen LogP contribution in [0.1, 0.15) is 31.4 Å². The number of benzene rings is 2. The average Bonchev–Trinajstić information content (AvgIpc) is 2.81. The zero-order valence-electron chi connectivity index (χ0n) is 18.4. The zero-order chi connectivity index (χ0) is 22.5. The molecular formula is C24H29NO6. The first-order valence-corrected chi connectivity index (χ1v) is 9.89. The van der Waals surface area contributed by atoms with Gasteiger partial charge in [0.2, 0.25) is 0 Å². The third-order valence-corrected chi connectivity index (χ3v) is 4.35. The van der Waals surface area contributed by atoms with E-state index in [1.54, 1.807) is 13.0 Å². The van der Waals surface area contributed by atoms with Gasteiger partial charge in [-0.15, -0.1) is 0 Å². The van der Waals surface area contributed by atoms with Crippen molar-refractivity contribution in [3.63, 3.8) is 0 Å². The minimum atomic E-state index is -0.463. The Kier molecular flexibility index (Phi) is 10.1. The molecule has 31 heavy (non-hydrogen) atoms. The summed E-state index contributed by atoms with van der Waals surface area (Å²) in [5, 5.41) is 4.18. The molecule has 0 heterocycles. The number of rotatable bonds is 12. The minimum Gasteiger partial charge on any atom is -0.497 e. The predicted octanol–water partition coefficient (Wildman–Crippen LogP) is 4.46. The first-order valence-electron chi connectivity index (χ1n) is 9.89. The Morgan fingerprint density at radius 2 is 1.84 bits per heavy atom. The fourth-order valence-corrected chi connectivity index (χ4v) is 2.60. The van der Waals surface area contributed by atoms with E-state index in [1.807, 2.05) is 61.5 Å².